The first kappa shape index (κ1) is 31.4. The van der Waals surface area contributed by atoms with E-state index in [1.54, 1.807) is 0 Å². The average Bonchev–Trinajstić information content (AvgIpc) is 3.46. The first-order valence-electron chi connectivity index (χ1n) is 15.7. The Bertz CT molecular complexity index is 813. The summed E-state index contributed by atoms with van der Waals surface area (Å²) in [6.45, 7) is 27.1. The van der Waals surface area contributed by atoms with Crippen LogP contribution in [0.25, 0.3) is 0 Å². The van der Waals surface area contributed by atoms with Crippen molar-refractivity contribution in [1.29, 1.82) is 0 Å². The van der Waals surface area contributed by atoms with E-state index in [9.17, 15) is 4.79 Å². The molecule has 5 atom stereocenters. The molecule has 4 saturated carbocycles. The second kappa shape index (κ2) is 10.3. The molecule has 4 fully saturated rings. The van der Waals surface area contributed by atoms with Gasteiger partial charge in [-0.2, -0.15) is 0 Å². The molecule has 37 heavy (non-hydrogen) atoms. The molecule has 4 bridgehead atoms. The van der Waals surface area contributed by atoms with Gasteiger partial charge in [-0.3, -0.25) is 4.79 Å². The highest BCUT2D eigenvalue weighted by molar-refractivity contribution is 6.74. The van der Waals surface area contributed by atoms with Crippen molar-refractivity contribution in [2.45, 2.75) is 168 Å². The average molecular weight is 553 g/mol. The van der Waals surface area contributed by atoms with Gasteiger partial charge in [0.15, 0.2) is 16.6 Å². The molecular formula is C31H60O4Si2. The monoisotopic (exact) mass is 552 g/mol. The zero-order valence-electron chi connectivity index (χ0n) is 26.6. The van der Waals surface area contributed by atoms with Gasteiger partial charge in [-0.05, 0) is 79.7 Å². The Kier molecular flexibility index (Phi) is 8.76. The molecule has 0 aromatic carbocycles. The van der Waals surface area contributed by atoms with Crippen LogP contribution in [0.3, 0.4) is 0 Å². The van der Waals surface area contributed by atoms with Gasteiger partial charge in [0.2, 0.25) is 0 Å². The molecule has 0 aliphatic heterocycles. The van der Waals surface area contributed by atoms with Crippen LogP contribution in [0, 0.1) is 22.7 Å². The normalized spacial score (nSPS) is 32.9. The quantitative estimate of drug-likeness (QED) is 0.159. The van der Waals surface area contributed by atoms with Gasteiger partial charge in [-0.15, -0.1) is 0 Å². The smallest absolute Gasteiger partial charge is 0.312 e. The summed E-state index contributed by atoms with van der Waals surface area (Å²) in [7, 11) is -3.74. The van der Waals surface area contributed by atoms with Crippen LogP contribution in [0.2, 0.25) is 36.3 Å². The third kappa shape index (κ3) is 5.08. The van der Waals surface area contributed by atoms with Crippen LogP contribution in [-0.4, -0.2) is 39.4 Å². The van der Waals surface area contributed by atoms with E-state index in [0.717, 1.165) is 68.4 Å². The molecule has 0 aromatic rings. The van der Waals surface area contributed by atoms with Crippen molar-refractivity contribution in [3.8, 4) is 0 Å². The molecule has 4 rings (SSSR count). The van der Waals surface area contributed by atoms with Crippen molar-refractivity contribution in [2.24, 2.45) is 22.7 Å². The highest BCUT2D eigenvalue weighted by atomic mass is 28.4. The topological polar surface area (TPSA) is 44.8 Å². The van der Waals surface area contributed by atoms with Crippen LogP contribution in [0.4, 0.5) is 0 Å². The Morgan fingerprint density at radius 3 is 1.65 bits per heavy atom. The van der Waals surface area contributed by atoms with Gasteiger partial charge in [0, 0.05) is 12.8 Å². The van der Waals surface area contributed by atoms with Crippen molar-refractivity contribution in [3.63, 3.8) is 0 Å². The zero-order chi connectivity index (χ0) is 28.1. The van der Waals surface area contributed by atoms with Crippen LogP contribution in [0.5, 0.6) is 0 Å². The molecule has 5 unspecified atom stereocenters. The Hall–Kier alpha value is -0.176. The minimum Gasteiger partial charge on any atom is -0.455 e. The summed E-state index contributed by atoms with van der Waals surface area (Å²) >= 11 is 0. The van der Waals surface area contributed by atoms with E-state index in [2.05, 4.69) is 83.1 Å². The molecule has 0 amide bonds. The molecule has 0 aromatic heterocycles. The van der Waals surface area contributed by atoms with Crippen LogP contribution < -0.4 is 0 Å². The lowest BCUT2D eigenvalue weighted by Crippen LogP contribution is -2.58. The molecule has 0 radical (unpaired) electrons. The number of rotatable bonds is 14. The van der Waals surface area contributed by atoms with Gasteiger partial charge in [0.1, 0.15) is 5.60 Å². The van der Waals surface area contributed by atoms with Crippen molar-refractivity contribution < 1.29 is 18.4 Å². The number of carbonyl (C=O) groups excluding carboxylic acids is 1. The third-order valence-corrected chi connectivity index (χ3v) is 20.9. The van der Waals surface area contributed by atoms with Crippen LogP contribution >= 0.6 is 0 Å². The maximum Gasteiger partial charge on any atom is 0.312 e. The Morgan fingerprint density at radius 1 is 0.784 bits per heavy atom. The largest absolute Gasteiger partial charge is 0.455 e. The van der Waals surface area contributed by atoms with Gasteiger partial charge in [0.05, 0.1) is 16.6 Å². The summed E-state index contributed by atoms with van der Waals surface area (Å²) in [5.74, 6) is 0.648. The van der Waals surface area contributed by atoms with E-state index in [4.69, 9.17) is 13.6 Å². The van der Waals surface area contributed by atoms with E-state index in [1.807, 2.05) is 0 Å². The number of carbonyl (C=O) groups is 1. The summed E-state index contributed by atoms with van der Waals surface area (Å²) in [5, 5.41) is 0. The van der Waals surface area contributed by atoms with E-state index < -0.39 is 27.7 Å². The molecule has 4 aliphatic rings. The lowest BCUT2D eigenvalue weighted by atomic mass is 9.68. The molecule has 0 heterocycles. The number of ether oxygens (including phenoxy) is 1. The van der Waals surface area contributed by atoms with Crippen LogP contribution in [0.15, 0.2) is 0 Å². The van der Waals surface area contributed by atoms with Gasteiger partial charge < -0.3 is 13.6 Å². The van der Waals surface area contributed by atoms with E-state index in [1.165, 1.54) is 0 Å². The molecule has 6 heteroatoms. The van der Waals surface area contributed by atoms with Crippen molar-refractivity contribution in [1.82, 2.24) is 0 Å². The summed E-state index contributed by atoms with van der Waals surface area (Å²) in [6.07, 6.45) is 4.52. The van der Waals surface area contributed by atoms with Gasteiger partial charge in [-0.1, -0.05) is 76.2 Å². The molecule has 0 saturated heterocycles. The second-order valence-corrected chi connectivity index (χ2v) is 24.3. The Labute approximate surface area is 231 Å². The van der Waals surface area contributed by atoms with E-state index in [0.29, 0.717) is 5.92 Å². The predicted octanol–water partition coefficient (Wildman–Crippen LogP) is 9.11. The van der Waals surface area contributed by atoms with Crippen molar-refractivity contribution in [3.05, 3.63) is 0 Å². The molecule has 4 nitrogen and oxygen atoms in total. The van der Waals surface area contributed by atoms with Crippen LogP contribution in [-0.2, 0) is 18.4 Å². The standard InChI is InChI=1S/C31H60O4Si2/c1-13-36(14-2,15-3)34-29-22-30(33-26(32)28(12,24(7)8)21-27(9,10)11)19-25(29)20-31(30,23-29)35-37(16-4,17-5)18-6/h24-25H,13-23H2,1-12H3. The first-order valence-corrected chi connectivity index (χ1v) is 20.7. The van der Waals surface area contributed by atoms with Gasteiger partial charge >= 0.3 is 5.97 Å². The summed E-state index contributed by atoms with van der Waals surface area (Å²) in [6, 6.07) is 6.83. The minimum absolute atomic E-state index is 0.00880. The zero-order valence-corrected chi connectivity index (χ0v) is 28.6. The first-order chi connectivity index (χ1) is 17.0. The molecule has 0 N–H and O–H groups in total. The molecule has 216 valence electrons. The van der Waals surface area contributed by atoms with E-state index >= 15 is 0 Å². The Balaban J connectivity index is 2.04. The highest BCUT2D eigenvalue weighted by Crippen LogP contribution is 2.74. The van der Waals surface area contributed by atoms with Crippen molar-refractivity contribution >= 4 is 22.6 Å². The summed E-state index contributed by atoms with van der Waals surface area (Å²) < 4.78 is 21.9. The lowest BCUT2D eigenvalue weighted by molar-refractivity contribution is -0.193. The minimum atomic E-state index is -1.92. The van der Waals surface area contributed by atoms with Gasteiger partial charge in [-0.25, -0.2) is 0 Å². The molecule has 0 spiro atoms. The molecular weight excluding hydrogens is 493 g/mol. The summed E-state index contributed by atoms with van der Waals surface area (Å²) in [4.78, 5) is 14.3. The fourth-order valence-electron chi connectivity index (χ4n) is 8.58. The van der Waals surface area contributed by atoms with E-state index in [-0.39, 0.29) is 28.5 Å². The number of hydrogen-bond donors (Lipinski definition) is 0. The number of esters is 1. The lowest BCUT2D eigenvalue weighted by Gasteiger charge is -2.47. The Morgan fingerprint density at radius 2 is 1.22 bits per heavy atom. The summed E-state index contributed by atoms with van der Waals surface area (Å²) in [5.41, 5.74) is -1.53. The molecule has 4 aliphatic carbocycles. The van der Waals surface area contributed by atoms with Gasteiger partial charge in [0.25, 0.3) is 0 Å². The highest BCUT2D eigenvalue weighted by Gasteiger charge is 2.82. The van der Waals surface area contributed by atoms with Crippen LogP contribution in [0.1, 0.15) is 115 Å². The predicted molar refractivity (Wildman–Crippen MR) is 160 cm³/mol. The number of hydrogen-bond acceptors (Lipinski definition) is 4. The third-order valence-electron chi connectivity index (χ3n) is 11.5. The van der Waals surface area contributed by atoms with Crippen molar-refractivity contribution in [2.75, 3.05) is 0 Å². The SMILES string of the molecule is CC[Si](CC)(CC)OC12CC3(OC(=O)C(C)(CC(C)(C)C)C(C)C)CC1CC3(O[Si](CC)(CC)CC)C2. The fourth-order valence-corrected chi connectivity index (χ4v) is 14.8. The second-order valence-electron chi connectivity index (χ2n) is 14.9. The maximum atomic E-state index is 14.3. The maximum absolute atomic E-state index is 14.3. The fraction of sp³-hybridized carbons (Fsp3) is 0.968.